The number of nitrogens with zero attached hydrogens (tertiary/aromatic N) is 4. The summed E-state index contributed by atoms with van der Waals surface area (Å²) < 4.78 is 0. The summed E-state index contributed by atoms with van der Waals surface area (Å²) >= 11 is 0. The lowest BCUT2D eigenvalue weighted by atomic mass is 10.0. The third-order valence-electron chi connectivity index (χ3n) is 5.58. The smallest absolute Gasteiger partial charge is 0.226 e. The fourth-order valence-electron chi connectivity index (χ4n) is 4.04. The molecule has 0 aliphatic carbocycles. The van der Waals surface area contributed by atoms with Crippen molar-refractivity contribution in [1.82, 2.24) is 19.9 Å². The van der Waals surface area contributed by atoms with Gasteiger partial charge in [0.15, 0.2) is 5.65 Å². The molecule has 1 aliphatic rings. The van der Waals surface area contributed by atoms with E-state index in [0.717, 1.165) is 60.2 Å². The number of nitrogen functional groups attached to an aromatic ring is 1. The van der Waals surface area contributed by atoms with E-state index < -0.39 is 0 Å². The summed E-state index contributed by atoms with van der Waals surface area (Å²) in [5, 5.41) is 14.4. The Morgan fingerprint density at radius 3 is 2.59 bits per heavy atom. The third-order valence-corrected chi connectivity index (χ3v) is 5.58. The van der Waals surface area contributed by atoms with E-state index in [2.05, 4.69) is 25.2 Å². The van der Waals surface area contributed by atoms with E-state index in [0.29, 0.717) is 29.2 Å². The van der Waals surface area contributed by atoms with Crippen molar-refractivity contribution in [2.45, 2.75) is 46.2 Å². The number of nitrogens with two attached hydrogens (primary N) is 1. The van der Waals surface area contributed by atoms with Gasteiger partial charge >= 0.3 is 0 Å². The van der Waals surface area contributed by atoms with E-state index in [1.165, 1.54) is 0 Å². The molecule has 0 spiro atoms. The molecule has 0 atom stereocenters. The lowest BCUT2D eigenvalue weighted by Gasteiger charge is -2.32. The molecule has 2 aromatic heterocycles. The Labute approximate surface area is 171 Å². The van der Waals surface area contributed by atoms with Gasteiger partial charge in [-0.3, -0.25) is 4.90 Å². The fourth-order valence-corrected chi connectivity index (χ4v) is 4.04. The highest BCUT2D eigenvalue weighted by molar-refractivity contribution is 5.89. The number of benzene rings is 1. The number of fused-ring (bicyclic) bond motifs is 1. The second-order valence-electron chi connectivity index (χ2n) is 8.04. The van der Waals surface area contributed by atoms with Gasteiger partial charge in [-0.1, -0.05) is 12.1 Å². The summed E-state index contributed by atoms with van der Waals surface area (Å²) in [6, 6.07) is 8.17. The van der Waals surface area contributed by atoms with Crippen molar-refractivity contribution < 1.29 is 5.11 Å². The Kier molecular flexibility index (Phi) is 5.24. The molecule has 0 saturated carbocycles. The zero-order valence-electron chi connectivity index (χ0n) is 17.2. The van der Waals surface area contributed by atoms with Crippen LogP contribution >= 0.6 is 0 Å². The maximum absolute atomic E-state index is 10.1. The number of phenols is 1. The van der Waals surface area contributed by atoms with Crippen molar-refractivity contribution >= 4 is 22.8 Å². The molecule has 0 unspecified atom stereocenters. The summed E-state index contributed by atoms with van der Waals surface area (Å²) in [6.07, 6.45) is 1.96. The molecule has 0 bridgehead atoms. The van der Waals surface area contributed by atoms with Crippen LogP contribution in [0.1, 0.15) is 35.2 Å². The Balaban J connectivity index is 1.41. The number of phenolic OH excluding ortho intramolecular Hbond substituents is 1. The van der Waals surface area contributed by atoms with Gasteiger partial charge in [0.1, 0.15) is 11.6 Å². The van der Waals surface area contributed by atoms with Gasteiger partial charge in [-0.15, -0.1) is 0 Å². The molecular formula is C22H28N6O. The Morgan fingerprint density at radius 2 is 1.86 bits per heavy atom. The average Bonchev–Trinajstić information content (AvgIpc) is 2.64. The quantitative estimate of drug-likeness (QED) is 0.626. The number of nitrogens with one attached hydrogen (secondary N) is 1. The first-order chi connectivity index (χ1) is 13.9. The van der Waals surface area contributed by atoms with Crippen LogP contribution < -0.4 is 11.1 Å². The predicted octanol–water partition coefficient (Wildman–Crippen LogP) is 3.31. The van der Waals surface area contributed by atoms with Gasteiger partial charge in [0.05, 0.1) is 5.39 Å². The lowest BCUT2D eigenvalue weighted by Crippen LogP contribution is -2.39. The van der Waals surface area contributed by atoms with Gasteiger partial charge in [-0.05, 0) is 56.9 Å². The van der Waals surface area contributed by atoms with Crippen LogP contribution in [0.5, 0.6) is 5.75 Å². The summed E-state index contributed by atoms with van der Waals surface area (Å²) in [7, 11) is 0. The molecule has 29 heavy (non-hydrogen) atoms. The van der Waals surface area contributed by atoms with Crippen LogP contribution in [0.4, 0.5) is 11.8 Å². The van der Waals surface area contributed by atoms with Crippen LogP contribution in [0.15, 0.2) is 24.3 Å². The first-order valence-corrected chi connectivity index (χ1v) is 10.1. The first-order valence-electron chi connectivity index (χ1n) is 10.1. The fraction of sp³-hybridized carbons (Fsp3) is 0.409. The van der Waals surface area contributed by atoms with Crippen LogP contribution in [-0.4, -0.2) is 44.1 Å². The highest BCUT2D eigenvalue weighted by atomic mass is 16.3. The number of aromatic hydroxyl groups is 1. The van der Waals surface area contributed by atoms with Gasteiger partial charge in [0.2, 0.25) is 5.95 Å². The number of aryl methyl sites for hydroxylation is 3. The molecule has 1 aliphatic heterocycles. The molecule has 1 saturated heterocycles. The number of likely N-dealkylation sites (tertiary alicyclic amines) is 1. The van der Waals surface area contributed by atoms with E-state index in [-0.39, 0.29) is 0 Å². The number of rotatable bonds is 4. The number of aromatic nitrogens is 3. The minimum Gasteiger partial charge on any atom is -0.508 e. The number of pyridine rings is 1. The topological polar surface area (TPSA) is 100 Å². The summed E-state index contributed by atoms with van der Waals surface area (Å²) in [5.41, 5.74) is 10.8. The molecule has 7 heteroatoms. The Hall–Kier alpha value is -2.93. The van der Waals surface area contributed by atoms with Crippen molar-refractivity contribution in [1.29, 1.82) is 0 Å². The van der Waals surface area contributed by atoms with E-state index in [9.17, 15) is 5.11 Å². The predicted molar refractivity (Wildman–Crippen MR) is 116 cm³/mol. The monoisotopic (exact) mass is 392 g/mol. The molecule has 152 valence electrons. The van der Waals surface area contributed by atoms with Crippen molar-refractivity contribution in [3.05, 3.63) is 46.6 Å². The van der Waals surface area contributed by atoms with Crippen molar-refractivity contribution in [3.8, 4) is 5.75 Å². The number of piperidine rings is 1. The van der Waals surface area contributed by atoms with Gasteiger partial charge in [0, 0.05) is 36.9 Å². The molecule has 7 nitrogen and oxygen atoms in total. The third kappa shape index (κ3) is 4.24. The zero-order valence-corrected chi connectivity index (χ0v) is 17.2. The maximum Gasteiger partial charge on any atom is 0.226 e. The van der Waals surface area contributed by atoms with Crippen molar-refractivity contribution in [2.75, 3.05) is 24.1 Å². The summed E-state index contributed by atoms with van der Waals surface area (Å²) in [4.78, 5) is 15.9. The van der Waals surface area contributed by atoms with Crippen LogP contribution in [0.25, 0.3) is 11.0 Å². The van der Waals surface area contributed by atoms with Gasteiger partial charge < -0.3 is 16.2 Å². The zero-order chi connectivity index (χ0) is 20.5. The molecule has 0 amide bonds. The summed E-state index contributed by atoms with van der Waals surface area (Å²) in [6.45, 7) is 8.61. The molecule has 4 rings (SSSR count). The second kappa shape index (κ2) is 7.83. The average molecular weight is 393 g/mol. The molecule has 1 fully saturated rings. The lowest BCUT2D eigenvalue weighted by molar-refractivity contribution is 0.209. The Bertz CT molecular complexity index is 1040. The molecular weight excluding hydrogens is 364 g/mol. The van der Waals surface area contributed by atoms with E-state index in [1.54, 1.807) is 0 Å². The van der Waals surface area contributed by atoms with Crippen LogP contribution in [0, 0.1) is 20.8 Å². The van der Waals surface area contributed by atoms with Gasteiger partial charge in [0.25, 0.3) is 0 Å². The molecule has 0 radical (unpaired) electrons. The summed E-state index contributed by atoms with van der Waals surface area (Å²) in [5.74, 6) is 1.39. The van der Waals surface area contributed by atoms with E-state index in [4.69, 9.17) is 5.73 Å². The first kappa shape index (κ1) is 19.4. The van der Waals surface area contributed by atoms with Crippen molar-refractivity contribution in [3.63, 3.8) is 0 Å². The molecule has 1 aromatic carbocycles. The Morgan fingerprint density at radius 1 is 1.10 bits per heavy atom. The number of hydrogen-bond donors (Lipinski definition) is 3. The molecule has 4 N–H and O–H groups in total. The number of hydrogen-bond acceptors (Lipinski definition) is 7. The maximum atomic E-state index is 10.1. The second-order valence-corrected chi connectivity index (χ2v) is 8.04. The molecule has 3 heterocycles. The minimum atomic E-state index is 0.292. The van der Waals surface area contributed by atoms with Gasteiger partial charge in [-0.2, -0.15) is 9.97 Å². The molecule has 3 aromatic rings. The standard InChI is InChI=1S/C22H28N6O/c1-13-4-5-16(18(29)10-13)12-28-8-6-17(7-9-28)25-22-26-20(23)19-14(2)11-15(3)24-21(19)27-22/h4-5,10-11,17,29H,6-9,12H2,1-3H3,(H3,23,24,25,26,27). The largest absolute Gasteiger partial charge is 0.508 e. The minimum absolute atomic E-state index is 0.292. The highest BCUT2D eigenvalue weighted by Crippen LogP contribution is 2.25. The van der Waals surface area contributed by atoms with Crippen LogP contribution in [0.3, 0.4) is 0 Å². The SMILES string of the molecule is Cc1ccc(CN2CCC(Nc3nc(N)c4c(C)cc(C)nc4n3)CC2)c(O)c1. The van der Waals surface area contributed by atoms with Crippen LogP contribution in [0.2, 0.25) is 0 Å². The van der Waals surface area contributed by atoms with Crippen LogP contribution in [-0.2, 0) is 6.54 Å². The highest BCUT2D eigenvalue weighted by Gasteiger charge is 2.21. The van der Waals surface area contributed by atoms with Gasteiger partial charge in [-0.25, -0.2) is 4.98 Å². The van der Waals surface area contributed by atoms with E-state index in [1.807, 2.05) is 45.0 Å². The van der Waals surface area contributed by atoms with E-state index >= 15 is 0 Å². The normalized spacial score (nSPS) is 15.7. The number of anilines is 2. The van der Waals surface area contributed by atoms with Crippen molar-refractivity contribution in [2.24, 2.45) is 0 Å².